The third-order valence-corrected chi connectivity index (χ3v) is 8.79. The minimum atomic E-state index is -6.66. The lowest BCUT2D eigenvalue weighted by Gasteiger charge is -2.33. The average Bonchev–Trinajstić information content (AvgIpc) is 2.46. The maximum Gasteiger partial charge on any atom is 0.498 e. The van der Waals surface area contributed by atoms with Gasteiger partial charge in [0.2, 0.25) is 0 Å². The average molecular weight is 446 g/mol. The second-order valence-corrected chi connectivity index (χ2v) is 10.5. The highest BCUT2D eigenvalue weighted by molar-refractivity contribution is 8.09. The van der Waals surface area contributed by atoms with E-state index in [1.807, 2.05) is 0 Å². The topological polar surface area (TPSA) is 94.6 Å². The number of sulfone groups is 2. The first-order valence-corrected chi connectivity index (χ1v) is 10.5. The quantitative estimate of drug-likeness (QED) is 0.366. The van der Waals surface area contributed by atoms with Crippen molar-refractivity contribution in [3.05, 3.63) is 12.2 Å². The second-order valence-electron chi connectivity index (χ2n) is 6.07. The molecule has 0 N–H and O–H groups in total. The van der Waals surface area contributed by atoms with Gasteiger partial charge in [-0.25, -0.2) is 21.6 Å². The van der Waals surface area contributed by atoms with E-state index < -0.39 is 66.1 Å². The Bertz CT molecular complexity index is 744. The molecule has 0 unspecified atom stereocenters. The van der Waals surface area contributed by atoms with Crippen LogP contribution in [0, 0.1) is 5.92 Å². The summed E-state index contributed by atoms with van der Waals surface area (Å²) in [4.78, 5) is 11.4. The highest BCUT2D eigenvalue weighted by Gasteiger charge is 2.65. The van der Waals surface area contributed by atoms with E-state index in [0.717, 1.165) is 0 Å². The Morgan fingerprint density at radius 1 is 0.926 bits per heavy atom. The molecule has 14 heteroatoms. The van der Waals surface area contributed by atoms with Crippen LogP contribution in [0.5, 0.6) is 0 Å². The molecule has 0 spiro atoms. The van der Waals surface area contributed by atoms with Gasteiger partial charge in [-0.3, -0.25) is 0 Å². The Balaban J connectivity index is 3.19. The summed E-state index contributed by atoms with van der Waals surface area (Å²) >= 11 is 0. The normalized spacial score (nSPS) is 22.5. The van der Waals surface area contributed by atoms with Crippen molar-refractivity contribution in [2.45, 2.75) is 54.3 Å². The van der Waals surface area contributed by atoms with Crippen LogP contribution in [-0.2, 0) is 29.2 Å². The number of esters is 1. The van der Waals surface area contributed by atoms with Crippen molar-refractivity contribution < 1.29 is 52.7 Å². The van der Waals surface area contributed by atoms with Crippen molar-refractivity contribution in [3.8, 4) is 0 Å². The maximum atomic E-state index is 12.8. The van der Waals surface area contributed by atoms with Crippen LogP contribution in [0.25, 0.3) is 0 Å². The Hall–Kier alpha value is -1.31. The summed E-state index contributed by atoms with van der Waals surface area (Å²) in [5, 5.41) is 0. The molecule has 1 aliphatic rings. The van der Waals surface area contributed by atoms with Crippen LogP contribution in [0.15, 0.2) is 12.2 Å². The largest absolute Gasteiger partial charge is 0.498 e. The van der Waals surface area contributed by atoms with Crippen molar-refractivity contribution in [2.24, 2.45) is 5.92 Å². The van der Waals surface area contributed by atoms with Gasteiger partial charge in [-0.1, -0.05) is 6.58 Å². The SMILES string of the molecule is C=C(C)C(=O)OC1CCC(C(S(=O)(=O)C(F)(F)F)S(=O)(=O)C(F)(F)F)CC1. The van der Waals surface area contributed by atoms with Gasteiger partial charge >= 0.3 is 17.0 Å². The molecule has 6 nitrogen and oxygen atoms in total. The summed E-state index contributed by atoms with van der Waals surface area (Å²) in [6, 6.07) is 0. The van der Waals surface area contributed by atoms with Gasteiger partial charge in [0.25, 0.3) is 19.7 Å². The predicted molar refractivity (Wildman–Crippen MR) is 80.4 cm³/mol. The first kappa shape index (κ1) is 23.7. The fraction of sp³-hybridized carbons (Fsp3) is 0.769. The minimum absolute atomic E-state index is 0.00861. The van der Waals surface area contributed by atoms with Crippen molar-refractivity contribution in [1.29, 1.82) is 0 Å². The number of rotatable bonds is 5. The Morgan fingerprint density at radius 3 is 1.59 bits per heavy atom. The van der Waals surface area contributed by atoms with E-state index >= 15 is 0 Å². The molecule has 0 saturated heterocycles. The van der Waals surface area contributed by atoms with E-state index in [-0.39, 0.29) is 18.4 Å². The van der Waals surface area contributed by atoms with Crippen LogP contribution < -0.4 is 0 Å². The van der Waals surface area contributed by atoms with Gasteiger partial charge in [0.05, 0.1) is 0 Å². The number of halogens is 6. The summed E-state index contributed by atoms with van der Waals surface area (Å²) in [6.07, 6.45) is -2.72. The molecule has 27 heavy (non-hydrogen) atoms. The zero-order valence-corrected chi connectivity index (χ0v) is 15.4. The van der Waals surface area contributed by atoms with Crippen LogP contribution in [0.4, 0.5) is 26.3 Å². The third-order valence-electron chi connectivity index (χ3n) is 3.98. The van der Waals surface area contributed by atoms with Gasteiger partial charge in [0.15, 0.2) is 4.58 Å². The highest BCUT2D eigenvalue weighted by atomic mass is 32.3. The van der Waals surface area contributed by atoms with Crippen LogP contribution in [0.1, 0.15) is 32.6 Å². The van der Waals surface area contributed by atoms with Crippen LogP contribution >= 0.6 is 0 Å². The molecule has 0 aromatic rings. The fourth-order valence-electron chi connectivity index (χ4n) is 2.67. The van der Waals surface area contributed by atoms with Crippen molar-refractivity contribution in [2.75, 3.05) is 0 Å². The first-order valence-electron chi connectivity index (χ1n) is 7.39. The Morgan fingerprint density at radius 2 is 1.30 bits per heavy atom. The number of ether oxygens (including phenoxy) is 1. The van der Waals surface area contributed by atoms with E-state index in [1.165, 1.54) is 6.92 Å². The smallest absolute Gasteiger partial charge is 0.459 e. The monoisotopic (exact) mass is 446 g/mol. The standard InChI is InChI=1S/C13H16F6O6S2/c1-7(2)10(20)25-9-5-3-8(4-6-9)11(26(21,22)12(14,15)16)27(23,24)13(17,18)19/h8-9,11H,1,3-6H2,2H3. The van der Waals surface area contributed by atoms with Gasteiger partial charge in [0.1, 0.15) is 6.10 Å². The lowest BCUT2D eigenvalue weighted by molar-refractivity contribution is -0.146. The molecule has 0 atom stereocenters. The number of carbonyl (C=O) groups is 1. The van der Waals surface area contributed by atoms with Gasteiger partial charge in [0, 0.05) is 5.57 Å². The molecule has 0 radical (unpaired) electrons. The fourth-order valence-corrected chi connectivity index (χ4v) is 6.74. The molecule has 1 saturated carbocycles. The zero-order chi connectivity index (χ0) is 21.4. The highest BCUT2D eigenvalue weighted by Crippen LogP contribution is 2.43. The van der Waals surface area contributed by atoms with Crippen LogP contribution in [0.2, 0.25) is 0 Å². The molecule has 1 aliphatic carbocycles. The van der Waals surface area contributed by atoms with Gasteiger partial charge < -0.3 is 4.74 Å². The predicted octanol–water partition coefficient (Wildman–Crippen LogP) is 2.86. The summed E-state index contributed by atoms with van der Waals surface area (Å²) in [6.45, 7) is 4.61. The Labute approximate surface area is 151 Å². The van der Waals surface area contributed by atoms with E-state index in [0.29, 0.717) is 0 Å². The van der Waals surface area contributed by atoms with Gasteiger partial charge in [-0.05, 0) is 38.5 Å². The third kappa shape index (κ3) is 4.95. The molecule has 1 fully saturated rings. The van der Waals surface area contributed by atoms with Crippen molar-refractivity contribution >= 4 is 25.6 Å². The molecule has 0 aromatic carbocycles. The van der Waals surface area contributed by atoms with Crippen molar-refractivity contribution in [3.63, 3.8) is 0 Å². The van der Waals surface area contributed by atoms with Gasteiger partial charge in [-0.2, -0.15) is 26.3 Å². The second kappa shape index (κ2) is 7.60. The van der Waals surface area contributed by atoms with E-state index in [2.05, 4.69) is 6.58 Å². The first-order chi connectivity index (χ1) is 11.9. The van der Waals surface area contributed by atoms with E-state index in [9.17, 15) is 48.0 Å². The molecule has 0 amide bonds. The number of carbonyl (C=O) groups excluding carboxylic acids is 1. The summed E-state index contributed by atoms with van der Waals surface area (Å²) < 4.78 is 124. The zero-order valence-electron chi connectivity index (χ0n) is 13.8. The van der Waals surface area contributed by atoms with Crippen LogP contribution in [0.3, 0.4) is 0 Å². The molecule has 1 rings (SSSR count). The lowest BCUT2D eigenvalue weighted by atomic mass is 9.88. The summed E-state index contributed by atoms with van der Waals surface area (Å²) in [5.41, 5.74) is -12.4. The molecular weight excluding hydrogens is 430 g/mol. The Kier molecular flexibility index (Phi) is 6.68. The molecule has 0 heterocycles. The lowest BCUT2D eigenvalue weighted by Crippen LogP contribution is -2.49. The number of hydrogen-bond donors (Lipinski definition) is 0. The summed E-state index contributed by atoms with van der Waals surface area (Å²) in [5.74, 6) is -2.79. The van der Waals surface area contributed by atoms with E-state index in [1.54, 1.807) is 0 Å². The molecular formula is C13H16F6O6S2. The molecule has 158 valence electrons. The maximum absolute atomic E-state index is 12.8. The minimum Gasteiger partial charge on any atom is -0.459 e. The molecule has 0 aliphatic heterocycles. The van der Waals surface area contributed by atoms with Crippen LogP contribution in [-0.4, -0.2) is 44.5 Å². The van der Waals surface area contributed by atoms with Crippen molar-refractivity contribution in [1.82, 2.24) is 0 Å². The number of alkyl halides is 6. The van der Waals surface area contributed by atoms with Gasteiger partial charge in [-0.15, -0.1) is 0 Å². The molecule has 0 aromatic heterocycles. The van der Waals surface area contributed by atoms with E-state index in [4.69, 9.17) is 4.74 Å². The summed E-state index contributed by atoms with van der Waals surface area (Å²) in [7, 11) is -13.3. The molecule has 0 bridgehead atoms. The number of hydrogen-bond acceptors (Lipinski definition) is 6.